The summed E-state index contributed by atoms with van der Waals surface area (Å²) in [5.74, 6) is -0.200. The molecule has 102 valence electrons. The lowest BCUT2D eigenvalue weighted by molar-refractivity contribution is -0.148. The van der Waals surface area contributed by atoms with Gasteiger partial charge >= 0.3 is 5.97 Å². The van der Waals surface area contributed by atoms with Crippen molar-refractivity contribution in [2.75, 3.05) is 20.2 Å². The van der Waals surface area contributed by atoms with E-state index in [9.17, 15) is 4.79 Å². The molecule has 0 amide bonds. The van der Waals surface area contributed by atoms with Gasteiger partial charge in [-0.05, 0) is 45.2 Å². The first-order valence-electron chi connectivity index (χ1n) is 5.95. The van der Waals surface area contributed by atoms with E-state index in [2.05, 4.69) is 0 Å². The fourth-order valence-corrected chi connectivity index (χ4v) is 1.37. The number of hydrogen-bond acceptors (Lipinski definition) is 4. The van der Waals surface area contributed by atoms with Crippen LogP contribution in [0.3, 0.4) is 0 Å². The molecular weight excluding hydrogens is 244 g/mol. The SMILES string of the molecule is CN(CCOc1ccc(C#N)cc1)C(C)(C)C(=O)O. The van der Waals surface area contributed by atoms with Gasteiger partial charge in [0.05, 0.1) is 11.6 Å². The topological polar surface area (TPSA) is 73.6 Å². The number of ether oxygens (including phenoxy) is 1. The average Bonchev–Trinajstić information content (AvgIpc) is 2.39. The van der Waals surface area contributed by atoms with Crippen molar-refractivity contribution in [3.63, 3.8) is 0 Å². The number of benzene rings is 1. The Hall–Kier alpha value is -2.06. The highest BCUT2D eigenvalue weighted by atomic mass is 16.5. The maximum atomic E-state index is 11.1. The maximum Gasteiger partial charge on any atom is 0.323 e. The van der Waals surface area contributed by atoms with E-state index < -0.39 is 11.5 Å². The van der Waals surface area contributed by atoms with E-state index in [-0.39, 0.29) is 0 Å². The van der Waals surface area contributed by atoms with Crippen LogP contribution < -0.4 is 4.74 Å². The molecule has 0 aliphatic heterocycles. The molecule has 1 rings (SSSR count). The molecule has 0 radical (unpaired) electrons. The Morgan fingerprint density at radius 3 is 2.47 bits per heavy atom. The van der Waals surface area contributed by atoms with Gasteiger partial charge in [-0.1, -0.05) is 0 Å². The highest BCUT2D eigenvalue weighted by molar-refractivity contribution is 5.77. The largest absolute Gasteiger partial charge is 0.492 e. The third kappa shape index (κ3) is 3.97. The minimum Gasteiger partial charge on any atom is -0.492 e. The number of rotatable bonds is 6. The summed E-state index contributed by atoms with van der Waals surface area (Å²) >= 11 is 0. The first-order chi connectivity index (χ1) is 8.87. The zero-order chi connectivity index (χ0) is 14.5. The molecule has 0 bridgehead atoms. The summed E-state index contributed by atoms with van der Waals surface area (Å²) in [4.78, 5) is 12.8. The molecule has 0 aliphatic rings. The molecule has 0 saturated carbocycles. The molecule has 0 aliphatic carbocycles. The Balaban J connectivity index is 2.46. The Labute approximate surface area is 113 Å². The van der Waals surface area contributed by atoms with Crippen LogP contribution in [0, 0.1) is 11.3 Å². The van der Waals surface area contributed by atoms with E-state index in [4.69, 9.17) is 15.1 Å². The number of carbonyl (C=O) groups is 1. The van der Waals surface area contributed by atoms with Crippen molar-refractivity contribution in [1.29, 1.82) is 5.26 Å². The fourth-order valence-electron chi connectivity index (χ4n) is 1.37. The molecule has 1 N–H and O–H groups in total. The molecule has 5 heteroatoms. The van der Waals surface area contributed by atoms with Gasteiger partial charge in [-0.25, -0.2) is 0 Å². The molecule has 1 aromatic carbocycles. The van der Waals surface area contributed by atoms with Crippen molar-refractivity contribution in [3.05, 3.63) is 29.8 Å². The van der Waals surface area contributed by atoms with Crippen molar-refractivity contribution >= 4 is 5.97 Å². The third-order valence-corrected chi connectivity index (χ3v) is 3.16. The Morgan fingerprint density at radius 1 is 1.42 bits per heavy atom. The van der Waals surface area contributed by atoms with Crippen molar-refractivity contribution in [3.8, 4) is 11.8 Å². The van der Waals surface area contributed by atoms with Crippen LogP contribution in [-0.2, 0) is 4.79 Å². The Morgan fingerprint density at radius 2 is 2.00 bits per heavy atom. The lowest BCUT2D eigenvalue weighted by Crippen LogP contribution is -2.49. The van der Waals surface area contributed by atoms with Crippen molar-refractivity contribution in [2.24, 2.45) is 0 Å². The summed E-state index contributed by atoms with van der Waals surface area (Å²) in [7, 11) is 1.75. The predicted octanol–water partition coefficient (Wildman–Crippen LogP) is 1.73. The molecule has 1 aromatic rings. The van der Waals surface area contributed by atoms with Gasteiger partial charge in [0, 0.05) is 6.54 Å². The molecule has 19 heavy (non-hydrogen) atoms. The van der Waals surface area contributed by atoms with Crippen molar-refractivity contribution < 1.29 is 14.6 Å². The maximum absolute atomic E-state index is 11.1. The number of nitrogens with zero attached hydrogens (tertiary/aromatic N) is 2. The number of likely N-dealkylation sites (N-methyl/N-ethyl adjacent to an activating group) is 1. The lowest BCUT2D eigenvalue weighted by Gasteiger charge is -2.31. The highest BCUT2D eigenvalue weighted by Gasteiger charge is 2.31. The summed E-state index contributed by atoms with van der Waals surface area (Å²) < 4.78 is 5.51. The van der Waals surface area contributed by atoms with Gasteiger partial charge in [0.25, 0.3) is 0 Å². The number of nitriles is 1. The Kier molecular flexibility index (Phi) is 4.90. The zero-order valence-corrected chi connectivity index (χ0v) is 11.4. The molecule has 0 atom stereocenters. The first-order valence-corrected chi connectivity index (χ1v) is 5.95. The summed E-state index contributed by atoms with van der Waals surface area (Å²) in [5.41, 5.74) is -0.343. The minimum absolute atomic E-state index is 0.388. The molecule has 5 nitrogen and oxygen atoms in total. The molecule has 0 heterocycles. The first kappa shape index (κ1) is 15.0. The van der Waals surface area contributed by atoms with Gasteiger partial charge in [0.15, 0.2) is 0 Å². The smallest absolute Gasteiger partial charge is 0.323 e. The van der Waals surface area contributed by atoms with Crippen molar-refractivity contribution in [2.45, 2.75) is 19.4 Å². The number of hydrogen-bond donors (Lipinski definition) is 1. The van der Waals surface area contributed by atoms with Gasteiger partial charge in [0.1, 0.15) is 17.9 Å². The van der Waals surface area contributed by atoms with Crippen molar-refractivity contribution in [1.82, 2.24) is 4.90 Å². The normalized spacial score (nSPS) is 11.1. The molecule has 0 unspecified atom stereocenters. The molecule has 0 fully saturated rings. The second-order valence-electron chi connectivity index (χ2n) is 4.77. The van der Waals surface area contributed by atoms with Crippen LogP contribution in [0.1, 0.15) is 19.4 Å². The standard InChI is InChI=1S/C14H18N2O3/c1-14(2,13(17)18)16(3)8-9-19-12-6-4-11(10-15)5-7-12/h4-7H,8-9H2,1-3H3,(H,17,18). The van der Waals surface area contributed by atoms with Gasteiger partial charge in [-0.3, -0.25) is 9.69 Å². The average molecular weight is 262 g/mol. The number of carboxylic acids is 1. The third-order valence-electron chi connectivity index (χ3n) is 3.16. The number of aliphatic carboxylic acids is 1. The van der Waals surface area contributed by atoms with Gasteiger partial charge < -0.3 is 9.84 Å². The van der Waals surface area contributed by atoms with Crippen LogP contribution in [0.5, 0.6) is 5.75 Å². The lowest BCUT2D eigenvalue weighted by atomic mass is 10.0. The molecular formula is C14H18N2O3. The van der Waals surface area contributed by atoms with Crippen LogP contribution in [-0.4, -0.2) is 41.7 Å². The zero-order valence-electron chi connectivity index (χ0n) is 11.4. The van der Waals surface area contributed by atoms with Gasteiger partial charge in [0.2, 0.25) is 0 Å². The highest BCUT2D eigenvalue weighted by Crippen LogP contribution is 2.14. The number of carboxylic acid groups (broad SMARTS) is 1. The summed E-state index contributed by atoms with van der Waals surface area (Å²) in [5, 5.41) is 17.7. The molecule has 0 saturated heterocycles. The molecule has 0 aromatic heterocycles. The van der Waals surface area contributed by atoms with Gasteiger partial charge in [-0.15, -0.1) is 0 Å². The molecule has 0 spiro atoms. The Bertz CT molecular complexity index is 474. The summed E-state index contributed by atoms with van der Waals surface area (Å²) in [6.07, 6.45) is 0. The van der Waals surface area contributed by atoms with E-state index in [1.165, 1.54) is 0 Å². The fraction of sp³-hybridized carbons (Fsp3) is 0.429. The van der Waals surface area contributed by atoms with Gasteiger partial charge in [-0.2, -0.15) is 5.26 Å². The predicted molar refractivity (Wildman–Crippen MR) is 71.0 cm³/mol. The second-order valence-corrected chi connectivity index (χ2v) is 4.77. The second kappa shape index (κ2) is 6.21. The van der Waals surface area contributed by atoms with E-state index in [0.717, 1.165) is 0 Å². The van der Waals surface area contributed by atoms with Crippen LogP contribution in [0.15, 0.2) is 24.3 Å². The van der Waals surface area contributed by atoms with Crippen LogP contribution in [0.2, 0.25) is 0 Å². The minimum atomic E-state index is -0.923. The van der Waals surface area contributed by atoms with Crippen LogP contribution in [0.4, 0.5) is 0 Å². The van der Waals surface area contributed by atoms with Crippen LogP contribution in [0.25, 0.3) is 0 Å². The summed E-state index contributed by atoms with van der Waals surface area (Å²) in [6, 6.07) is 8.84. The van der Waals surface area contributed by atoms with E-state index in [1.54, 1.807) is 50.1 Å². The summed E-state index contributed by atoms with van der Waals surface area (Å²) in [6.45, 7) is 4.19. The quantitative estimate of drug-likeness (QED) is 0.845. The van der Waals surface area contributed by atoms with E-state index >= 15 is 0 Å². The monoisotopic (exact) mass is 262 g/mol. The van der Waals surface area contributed by atoms with E-state index in [1.807, 2.05) is 6.07 Å². The van der Waals surface area contributed by atoms with Crippen LogP contribution >= 0.6 is 0 Å². The van der Waals surface area contributed by atoms with E-state index in [0.29, 0.717) is 24.5 Å².